The van der Waals surface area contributed by atoms with Gasteiger partial charge in [-0.15, -0.1) is 0 Å². The van der Waals surface area contributed by atoms with E-state index in [1.807, 2.05) is 0 Å². The maximum absolute atomic E-state index is 11.8. The van der Waals surface area contributed by atoms with Crippen LogP contribution < -0.4 is 0 Å². The van der Waals surface area contributed by atoms with Crippen LogP contribution >= 0.6 is 0 Å². The molecule has 0 fully saturated rings. The van der Waals surface area contributed by atoms with Crippen LogP contribution in [0.3, 0.4) is 0 Å². The normalized spacial score (nSPS) is 13.2. The average molecular weight is 238 g/mol. The molecule has 0 aliphatic carbocycles. The van der Waals surface area contributed by atoms with Crippen molar-refractivity contribution in [2.75, 3.05) is 6.61 Å². The van der Waals surface area contributed by atoms with Gasteiger partial charge in [0.15, 0.2) is 9.84 Å². The minimum atomic E-state index is -3.38. The van der Waals surface area contributed by atoms with Gasteiger partial charge in [0.1, 0.15) is 0 Å². The summed E-state index contributed by atoms with van der Waals surface area (Å²) >= 11 is 0. The van der Waals surface area contributed by atoms with E-state index in [0.29, 0.717) is 5.57 Å². The predicted molar refractivity (Wildman–Crippen MR) is 63.6 cm³/mol. The molecule has 0 aliphatic heterocycles. The summed E-state index contributed by atoms with van der Waals surface area (Å²) in [5.74, 6) is 0. The number of benzene rings is 1. The van der Waals surface area contributed by atoms with Crippen molar-refractivity contribution in [2.45, 2.75) is 11.8 Å². The van der Waals surface area contributed by atoms with E-state index in [4.69, 9.17) is 5.11 Å². The number of hydrogen-bond donors (Lipinski definition) is 1. The largest absolute Gasteiger partial charge is 0.392 e. The van der Waals surface area contributed by atoms with E-state index in [0.717, 1.165) is 0 Å². The lowest BCUT2D eigenvalue weighted by Gasteiger charge is -1.99. The lowest BCUT2D eigenvalue weighted by atomic mass is 10.3. The smallest absolute Gasteiger partial charge is 0.200 e. The van der Waals surface area contributed by atoms with Crippen molar-refractivity contribution in [3.8, 4) is 0 Å². The Morgan fingerprint density at radius 1 is 1.31 bits per heavy atom. The number of hydrogen-bond acceptors (Lipinski definition) is 3. The number of aliphatic hydroxyl groups excluding tert-OH is 1. The third kappa shape index (κ3) is 3.64. The first-order valence-electron chi connectivity index (χ1n) is 4.82. The van der Waals surface area contributed by atoms with Crippen LogP contribution in [-0.4, -0.2) is 20.1 Å². The Hall–Kier alpha value is -1.39. The fourth-order valence-corrected chi connectivity index (χ4v) is 2.44. The van der Waals surface area contributed by atoms with E-state index in [1.165, 1.54) is 11.5 Å². The van der Waals surface area contributed by atoms with E-state index >= 15 is 0 Å². The Bertz CT molecular complexity index is 484. The van der Waals surface area contributed by atoms with Crippen LogP contribution in [0.25, 0.3) is 0 Å². The van der Waals surface area contributed by atoms with Gasteiger partial charge in [-0.25, -0.2) is 8.42 Å². The quantitative estimate of drug-likeness (QED) is 0.815. The maximum Gasteiger partial charge on any atom is 0.200 e. The second-order valence-electron chi connectivity index (χ2n) is 3.30. The standard InChI is InChI=1S/C12H14O3S/c1-11(6-5-9-13)10-16(14,15)12-7-3-2-4-8-12/h2-8,10,13H,9H2,1H3/b6-5+,11-10-. The maximum atomic E-state index is 11.8. The molecule has 0 spiro atoms. The van der Waals surface area contributed by atoms with Gasteiger partial charge in [-0.3, -0.25) is 0 Å². The van der Waals surface area contributed by atoms with E-state index < -0.39 is 9.84 Å². The molecule has 0 atom stereocenters. The molecule has 0 unspecified atom stereocenters. The summed E-state index contributed by atoms with van der Waals surface area (Å²) in [5, 5.41) is 9.76. The lowest BCUT2D eigenvalue weighted by molar-refractivity contribution is 0.342. The molecule has 4 heteroatoms. The lowest BCUT2D eigenvalue weighted by Crippen LogP contribution is -1.96. The first-order chi connectivity index (χ1) is 7.56. The number of allylic oxidation sites excluding steroid dienone is 2. The van der Waals surface area contributed by atoms with E-state index in [2.05, 4.69) is 0 Å². The first kappa shape index (κ1) is 12.7. The molecule has 0 aliphatic rings. The van der Waals surface area contributed by atoms with Crippen molar-refractivity contribution in [3.05, 3.63) is 53.5 Å². The van der Waals surface area contributed by atoms with Gasteiger partial charge in [0.05, 0.1) is 11.5 Å². The van der Waals surface area contributed by atoms with Crippen molar-refractivity contribution < 1.29 is 13.5 Å². The molecular formula is C12H14O3S. The van der Waals surface area contributed by atoms with Crippen LogP contribution in [0, 0.1) is 0 Å². The molecule has 0 heterocycles. The van der Waals surface area contributed by atoms with Gasteiger partial charge >= 0.3 is 0 Å². The van der Waals surface area contributed by atoms with E-state index in [-0.39, 0.29) is 11.5 Å². The molecule has 0 bridgehead atoms. The van der Waals surface area contributed by atoms with Crippen molar-refractivity contribution in [1.82, 2.24) is 0 Å². The summed E-state index contributed by atoms with van der Waals surface area (Å²) in [7, 11) is -3.38. The molecule has 86 valence electrons. The Morgan fingerprint density at radius 3 is 2.50 bits per heavy atom. The number of sulfone groups is 1. The van der Waals surface area contributed by atoms with Crippen LogP contribution in [0.2, 0.25) is 0 Å². The fourth-order valence-electron chi connectivity index (χ4n) is 1.20. The summed E-state index contributed by atoms with van der Waals surface area (Å²) in [6.07, 6.45) is 3.06. The Balaban J connectivity index is 3.01. The minimum absolute atomic E-state index is 0.101. The van der Waals surface area contributed by atoms with Gasteiger partial charge < -0.3 is 5.11 Å². The molecule has 1 aromatic carbocycles. The van der Waals surface area contributed by atoms with Crippen molar-refractivity contribution in [1.29, 1.82) is 0 Å². The van der Waals surface area contributed by atoms with Crippen LogP contribution in [0.1, 0.15) is 6.92 Å². The SMILES string of the molecule is CC(=C/S(=O)(=O)c1ccccc1)/C=C/CO. The molecule has 1 rings (SSSR count). The number of rotatable bonds is 4. The second-order valence-corrected chi connectivity index (χ2v) is 5.10. The highest BCUT2D eigenvalue weighted by Crippen LogP contribution is 2.13. The van der Waals surface area contributed by atoms with Crippen molar-refractivity contribution in [2.24, 2.45) is 0 Å². The van der Waals surface area contributed by atoms with Crippen LogP contribution in [0.4, 0.5) is 0 Å². The zero-order chi connectivity index (χ0) is 12.0. The van der Waals surface area contributed by atoms with Crippen LogP contribution in [-0.2, 0) is 9.84 Å². The van der Waals surface area contributed by atoms with Gasteiger partial charge in [0.25, 0.3) is 0 Å². The van der Waals surface area contributed by atoms with Gasteiger partial charge in [0.2, 0.25) is 0 Å². The Morgan fingerprint density at radius 2 is 1.94 bits per heavy atom. The molecule has 0 radical (unpaired) electrons. The fraction of sp³-hybridized carbons (Fsp3) is 0.167. The van der Waals surface area contributed by atoms with Gasteiger partial charge in [-0.05, 0) is 24.6 Å². The molecule has 3 nitrogen and oxygen atoms in total. The predicted octanol–water partition coefficient (Wildman–Crippen LogP) is 1.91. The average Bonchev–Trinajstić information content (AvgIpc) is 2.27. The molecule has 0 aromatic heterocycles. The van der Waals surface area contributed by atoms with Crippen molar-refractivity contribution >= 4 is 9.84 Å². The summed E-state index contributed by atoms with van der Waals surface area (Å²) in [4.78, 5) is 0.270. The number of aliphatic hydroxyl groups is 1. The monoisotopic (exact) mass is 238 g/mol. The summed E-state index contributed by atoms with van der Waals surface area (Å²) in [5.41, 5.74) is 0.581. The molecular weight excluding hydrogens is 224 g/mol. The zero-order valence-corrected chi connectivity index (χ0v) is 9.81. The first-order valence-corrected chi connectivity index (χ1v) is 6.37. The van der Waals surface area contributed by atoms with Gasteiger partial charge in [-0.1, -0.05) is 30.4 Å². The van der Waals surface area contributed by atoms with Gasteiger partial charge in [0, 0.05) is 5.41 Å². The Labute approximate surface area is 95.7 Å². The molecule has 16 heavy (non-hydrogen) atoms. The third-order valence-electron chi connectivity index (χ3n) is 1.90. The van der Waals surface area contributed by atoms with Gasteiger partial charge in [-0.2, -0.15) is 0 Å². The molecule has 0 saturated heterocycles. The highest BCUT2D eigenvalue weighted by atomic mass is 32.2. The van der Waals surface area contributed by atoms with Crippen LogP contribution in [0.5, 0.6) is 0 Å². The molecule has 0 saturated carbocycles. The van der Waals surface area contributed by atoms with Crippen LogP contribution in [0.15, 0.2) is 58.4 Å². The van der Waals surface area contributed by atoms with E-state index in [1.54, 1.807) is 43.3 Å². The minimum Gasteiger partial charge on any atom is -0.392 e. The zero-order valence-electron chi connectivity index (χ0n) is 9.00. The second kappa shape index (κ2) is 5.63. The third-order valence-corrected chi connectivity index (χ3v) is 3.51. The molecule has 1 aromatic rings. The molecule has 1 N–H and O–H groups in total. The highest BCUT2D eigenvalue weighted by Gasteiger charge is 2.09. The highest BCUT2D eigenvalue weighted by molar-refractivity contribution is 7.94. The molecule has 0 amide bonds. The summed E-state index contributed by atoms with van der Waals surface area (Å²) in [6, 6.07) is 8.23. The summed E-state index contributed by atoms with van der Waals surface area (Å²) in [6.45, 7) is 1.57. The Kier molecular flexibility index (Phi) is 4.46. The van der Waals surface area contributed by atoms with E-state index in [9.17, 15) is 8.42 Å². The summed E-state index contributed by atoms with van der Waals surface area (Å²) < 4.78 is 23.7. The topological polar surface area (TPSA) is 54.4 Å². The van der Waals surface area contributed by atoms with Crippen molar-refractivity contribution in [3.63, 3.8) is 0 Å².